The van der Waals surface area contributed by atoms with Gasteiger partial charge in [0.1, 0.15) is 0 Å². The highest BCUT2D eigenvalue weighted by atomic mass is 16.5. The van der Waals surface area contributed by atoms with Crippen molar-refractivity contribution in [1.82, 2.24) is 4.90 Å². The zero-order valence-corrected chi connectivity index (χ0v) is 9.90. The van der Waals surface area contributed by atoms with Crippen molar-refractivity contribution in [2.75, 3.05) is 26.3 Å². The Labute approximate surface area is 91.8 Å². The summed E-state index contributed by atoms with van der Waals surface area (Å²) in [6, 6.07) is 0.0625. The maximum atomic E-state index is 12.1. The van der Waals surface area contributed by atoms with Crippen molar-refractivity contribution in [2.45, 2.75) is 26.8 Å². The van der Waals surface area contributed by atoms with Crippen LogP contribution in [0, 0.1) is 11.8 Å². The van der Waals surface area contributed by atoms with Crippen LogP contribution in [0.25, 0.3) is 0 Å². The van der Waals surface area contributed by atoms with Crippen LogP contribution < -0.4 is 5.73 Å². The van der Waals surface area contributed by atoms with Gasteiger partial charge >= 0.3 is 0 Å². The van der Waals surface area contributed by atoms with Gasteiger partial charge in [0.05, 0.1) is 19.3 Å². The highest BCUT2D eigenvalue weighted by molar-refractivity contribution is 5.79. The molecule has 2 N–H and O–H groups in total. The summed E-state index contributed by atoms with van der Waals surface area (Å²) in [5, 5.41) is 0. The first kappa shape index (κ1) is 12.5. The first-order valence-corrected chi connectivity index (χ1v) is 5.66. The fourth-order valence-electron chi connectivity index (χ4n) is 1.69. The second-order valence-corrected chi connectivity index (χ2v) is 4.53. The van der Waals surface area contributed by atoms with Crippen molar-refractivity contribution >= 4 is 5.91 Å². The van der Waals surface area contributed by atoms with Crippen LogP contribution in [-0.2, 0) is 9.53 Å². The van der Waals surface area contributed by atoms with Crippen molar-refractivity contribution in [3.63, 3.8) is 0 Å². The van der Waals surface area contributed by atoms with Crippen molar-refractivity contribution in [3.8, 4) is 0 Å². The minimum Gasteiger partial charge on any atom is -0.377 e. The van der Waals surface area contributed by atoms with Crippen LogP contribution in [0.2, 0.25) is 0 Å². The topological polar surface area (TPSA) is 55.6 Å². The molecule has 0 radical (unpaired) electrons. The highest BCUT2D eigenvalue weighted by Gasteiger charge is 2.30. The third-order valence-corrected chi connectivity index (χ3v) is 3.17. The normalized spacial score (nSPS) is 24.3. The zero-order chi connectivity index (χ0) is 11.4. The lowest BCUT2D eigenvalue weighted by Crippen LogP contribution is -2.53. The Hall–Kier alpha value is -0.610. The van der Waals surface area contributed by atoms with Gasteiger partial charge in [0.2, 0.25) is 5.91 Å². The van der Waals surface area contributed by atoms with E-state index in [9.17, 15) is 4.79 Å². The van der Waals surface area contributed by atoms with Gasteiger partial charge in [-0.2, -0.15) is 0 Å². The zero-order valence-electron chi connectivity index (χ0n) is 9.90. The number of carbonyl (C=O) groups is 1. The predicted molar refractivity (Wildman–Crippen MR) is 59.4 cm³/mol. The molecular weight excluding hydrogens is 192 g/mol. The van der Waals surface area contributed by atoms with E-state index in [-0.39, 0.29) is 17.9 Å². The van der Waals surface area contributed by atoms with Crippen LogP contribution in [0.3, 0.4) is 0 Å². The summed E-state index contributed by atoms with van der Waals surface area (Å²) in [4.78, 5) is 14.0. The lowest BCUT2D eigenvalue weighted by Gasteiger charge is -2.37. The van der Waals surface area contributed by atoms with E-state index in [1.165, 1.54) is 0 Å². The minimum atomic E-state index is 0.0625. The average molecular weight is 214 g/mol. The van der Waals surface area contributed by atoms with Gasteiger partial charge in [0, 0.05) is 19.0 Å². The molecule has 0 aromatic rings. The van der Waals surface area contributed by atoms with Gasteiger partial charge in [0.15, 0.2) is 0 Å². The van der Waals surface area contributed by atoms with Crippen LogP contribution in [-0.4, -0.2) is 43.2 Å². The van der Waals surface area contributed by atoms with Crippen LogP contribution in [0.15, 0.2) is 0 Å². The molecule has 1 heterocycles. The second kappa shape index (κ2) is 5.47. The molecule has 0 spiro atoms. The monoisotopic (exact) mass is 214 g/mol. The molecule has 4 heteroatoms. The third-order valence-electron chi connectivity index (χ3n) is 3.17. The van der Waals surface area contributed by atoms with E-state index in [1.807, 2.05) is 11.8 Å². The van der Waals surface area contributed by atoms with Crippen molar-refractivity contribution in [2.24, 2.45) is 17.6 Å². The molecule has 1 amide bonds. The van der Waals surface area contributed by atoms with Crippen LogP contribution in [0.1, 0.15) is 20.8 Å². The first-order valence-electron chi connectivity index (χ1n) is 5.66. The smallest absolute Gasteiger partial charge is 0.226 e. The maximum Gasteiger partial charge on any atom is 0.226 e. The third kappa shape index (κ3) is 2.92. The summed E-state index contributed by atoms with van der Waals surface area (Å²) in [5.41, 5.74) is 5.63. The predicted octanol–water partition coefficient (Wildman–Crippen LogP) is 0.465. The number of nitrogens with zero attached hydrogens (tertiary/aromatic N) is 1. The number of hydrogen-bond acceptors (Lipinski definition) is 3. The summed E-state index contributed by atoms with van der Waals surface area (Å²) in [5.74, 6) is 0.652. The summed E-state index contributed by atoms with van der Waals surface area (Å²) >= 11 is 0. The Morgan fingerprint density at radius 1 is 1.53 bits per heavy atom. The van der Waals surface area contributed by atoms with Gasteiger partial charge in [-0.3, -0.25) is 4.79 Å². The Morgan fingerprint density at radius 3 is 2.73 bits per heavy atom. The van der Waals surface area contributed by atoms with Crippen molar-refractivity contribution in [1.29, 1.82) is 0 Å². The maximum absolute atomic E-state index is 12.1. The molecule has 1 fully saturated rings. The van der Waals surface area contributed by atoms with Gasteiger partial charge in [-0.1, -0.05) is 20.8 Å². The number of nitrogens with two attached hydrogens (primary N) is 1. The lowest BCUT2D eigenvalue weighted by molar-refractivity contribution is -0.144. The number of ether oxygens (including phenoxy) is 1. The summed E-state index contributed by atoms with van der Waals surface area (Å²) in [7, 11) is 0. The molecular formula is C11H22N2O2. The van der Waals surface area contributed by atoms with Gasteiger partial charge in [-0.15, -0.1) is 0 Å². The van der Waals surface area contributed by atoms with Crippen LogP contribution >= 0.6 is 0 Å². The molecule has 0 aromatic heterocycles. The van der Waals surface area contributed by atoms with Gasteiger partial charge < -0.3 is 15.4 Å². The van der Waals surface area contributed by atoms with Gasteiger partial charge in [-0.05, 0) is 5.92 Å². The number of rotatable bonds is 3. The van der Waals surface area contributed by atoms with Crippen LogP contribution in [0.4, 0.5) is 0 Å². The number of amides is 1. The number of morpholine rings is 1. The van der Waals surface area contributed by atoms with E-state index in [1.54, 1.807) is 0 Å². The molecule has 2 unspecified atom stereocenters. The Morgan fingerprint density at radius 2 is 2.20 bits per heavy atom. The molecule has 0 aromatic carbocycles. The molecule has 0 saturated carbocycles. The minimum absolute atomic E-state index is 0.0625. The fourth-order valence-corrected chi connectivity index (χ4v) is 1.69. The molecule has 4 nitrogen and oxygen atoms in total. The van der Waals surface area contributed by atoms with Crippen LogP contribution in [0.5, 0.6) is 0 Å². The van der Waals surface area contributed by atoms with E-state index < -0.39 is 0 Å². The average Bonchev–Trinajstić information content (AvgIpc) is 2.26. The van der Waals surface area contributed by atoms with Gasteiger partial charge in [0.25, 0.3) is 0 Å². The molecule has 0 bridgehead atoms. The molecule has 2 atom stereocenters. The fraction of sp³-hybridized carbons (Fsp3) is 0.909. The van der Waals surface area contributed by atoms with E-state index >= 15 is 0 Å². The SMILES string of the molecule is CC(C)C(C)C(=O)N1CCOCC1CN. The van der Waals surface area contributed by atoms with E-state index in [2.05, 4.69) is 13.8 Å². The number of hydrogen-bond donors (Lipinski definition) is 1. The van der Waals surface area contributed by atoms with E-state index in [0.29, 0.717) is 32.2 Å². The summed E-state index contributed by atoms with van der Waals surface area (Å²) in [6.07, 6.45) is 0. The molecule has 88 valence electrons. The summed E-state index contributed by atoms with van der Waals surface area (Å²) in [6.45, 7) is 8.49. The second-order valence-electron chi connectivity index (χ2n) is 4.53. The standard InChI is InChI=1S/C11H22N2O2/c1-8(2)9(3)11(14)13-4-5-15-7-10(13)6-12/h8-10H,4-7,12H2,1-3H3. The Bertz CT molecular complexity index is 219. The first-order chi connectivity index (χ1) is 7.07. The summed E-state index contributed by atoms with van der Waals surface area (Å²) < 4.78 is 5.32. The van der Waals surface area contributed by atoms with E-state index in [0.717, 1.165) is 0 Å². The number of carbonyl (C=O) groups excluding carboxylic acids is 1. The quantitative estimate of drug-likeness (QED) is 0.743. The Balaban J connectivity index is 2.63. The van der Waals surface area contributed by atoms with E-state index in [4.69, 9.17) is 10.5 Å². The van der Waals surface area contributed by atoms with Gasteiger partial charge in [-0.25, -0.2) is 0 Å². The lowest BCUT2D eigenvalue weighted by atomic mass is 9.96. The molecule has 15 heavy (non-hydrogen) atoms. The molecule has 1 rings (SSSR count). The van der Waals surface area contributed by atoms with Crippen molar-refractivity contribution in [3.05, 3.63) is 0 Å². The van der Waals surface area contributed by atoms with Crippen molar-refractivity contribution < 1.29 is 9.53 Å². The molecule has 1 aliphatic rings. The molecule has 0 aliphatic carbocycles. The Kier molecular flexibility index (Phi) is 4.54. The molecule has 1 saturated heterocycles. The highest BCUT2D eigenvalue weighted by Crippen LogP contribution is 2.16. The molecule has 1 aliphatic heterocycles. The largest absolute Gasteiger partial charge is 0.377 e.